The molecule has 4 nitrogen and oxygen atoms in total. The van der Waals surface area contributed by atoms with E-state index < -0.39 is 0 Å². The molecule has 52 valence electrons. The molecule has 0 atom stereocenters. The van der Waals surface area contributed by atoms with Gasteiger partial charge >= 0.3 is 51.4 Å². The van der Waals surface area contributed by atoms with Gasteiger partial charge in [0, 0.05) is 6.29 Å². The third kappa shape index (κ3) is 3.81. The molecule has 0 radical (unpaired) electrons. The summed E-state index contributed by atoms with van der Waals surface area (Å²) in [5.74, 6) is 2.42. The van der Waals surface area contributed by atoms with Crippen molar-refractivity contribution in [3.05, 3.63) is 17.5 Å². The van der Waals surface area contributed by atoms with Gasteiger partial charge in [-0.05, 0) is 11.6 Å². The summed E-state index contributed by atoms with van der Waals surface area (Å²) in [6.45, 7) is 0. The molecular weight excluding hydrogens is 173 g/mol. The molecule has 1 aromatic rings. The van der Waals surface area contributed by atoms with E-state index >= 15 is 0 Å². The van der Waals surface area contributed by atoms with Gasteiger partial charge in [-0.15, -0.1) is 17.6 Å². The second-order valence-electron chi connectivity index (χ2n) is 1.32. The maximum atomic E-state index is 9.82. The normalized spacial score (nSPS) is 6.82. The predicted octanol–water partition coefficient (Wildman–Crippen LogP) is -3.06. The molecule has 0 aromatic carbocycles. The van der Waals surface area contributed by atoms with Gasteiger partial charge in [-0.25, -0.2) is 0 Å². The van der Waals surface area contributed by atoms with Crippen molar-refractivity contribution in [3.63, 3.8) is 0 Å². The zero-order valence-corrected chi connectivity index (χ0v) is 8.99. The van der Waals surface area contributed by atoms with Crippen LogP contribution in [0.3, 0.4) is 0 Å². The number of hydrogen-bond donors (Lipinski definition) is 0. The number of hydrogen-bond acceptors (Lipinski definition) is 4. The van der Waals surface area contributed by atoms with E-state index in [9.17, 15) is 4.79 Å². The first kappa shape index (κ1) is 13.6. The summed E-state index contributed by atoms with van der Waals surface area (Å²) in [6, 6.07) is 1.34. The fraction of sp³-hybridized carbons (Fsp3) is 0. The minimum Gasteiger partial charge on any atom is -0.870 e. The maximum absolute atomic E-state index is 9.82. The van der Waals surface area contributed by atoms with Gasteiger partial charge in [-0.3, -0.25) is 0 Å². The molecule has 1 N–H and O–H groups in total. The molecule has 0 fully saturated rings. The Morgan fingerprint density at radius 2 is 2.36 bits per heavy atom. The second kappa shape index (κ2) is 6.73. The zero-order valence-electron chi connectivity index (χ0n) is 5.87. The summed E-state index contributed by atoms with van der Waals surface area (Å²) in [4.78, 5) is 9.82. The van der Waals surface area contributed by atoms with Crippen LogP contribution in [0.1, 0.15) is 11.5 Å². The molecule has 0 aliphatic heterocycles. The van der Waals surface area contributed by atoms with Crippen LogP contribution in [0.25, 0.3) is 0 Å². The van der Waals surface area contributed by atoms with E-state index in [4.69, 9.17) is 6.42 Å². The number of terminal acetylenes is 1. The van der Waals surface area contributed by atoms with E-state index in [0.717, 1.165) is 0 Å². The number of rotatable bonds is 1. The Hall–Kier alpha value is 0.0364. The molecule has 5 heteroatoms. The fourth-order valence-corrected chi connectivity index (χ4v) is 0.391. The third-order valence-corrected chi connectivity index (χ3v) is 0.757. The Labute approximate surface area is 106 Å². The Morgan fingerprint density at radius 1 is 1.73 bits per heavy atom. The van der Waals surface area contributed by atoms with Gasteiger partial charge in [0.05, 0.1) is 0 Å². The van der Waals surface area contributed by atoms with Crippen molar-refractivity contribution in [1.29, 1.82) is 0 Å². The molecular formula is C6H3KNO3-. The van der Waals surface area contributed by atoms with Crippen LogP contribution in [-0.2, 0) is 4.79 Å². The molecule has 1 rings (SSSR count). The first-order valence-electron chi connectivity index (χ1n) is 2.18. The van der Waals surface area contributed by atoms with Crippen LogP contribution < -0.4 is 51.4 Å². The Balaban J connectivity index is 0. The average Bonchev–Trinajstić information content (AvgIpc) is 2.34. The quantitative estimate of drug-likeness (QED) is 0.259. The van der Waals surface area contributed by atoms with E-state index in [1.807, 2.05) is 0 Å². The van der Waals surface area contributed by atoms with Gasteiger partial charge in [-0.2, -0.15) is 0 Å². The SMILES string of the molecule is C#Cc1cc([C-]=O)no1.[K+].[OH-]. The first-order valence-corrected chi connectivity index (χ1v) is 2.18. The zero-order chi connectivity index (χ0) is 6.69. The molecule has 0 saturated heterocycles. The largest absolute Gasteiger partial charge is 1.00 e. The van der Waals surface area contributed by atoms with Crippen LogP contribution in [0.2, 0.25) is 0 Å². The Morgan fingerprint density at radius 3 is 2.64 bits per heavy atom. The molecule has 0 amide bonds. The summed E-state index contributed by atoms with van der Waals surface area (Å²) in [5.41, 5.74) is 0.1000. The smallest absolute Gasteiger partial charge is 0.870 e. The molecule has 0 spiro atoms. The predicted molar refractivity (Wildman–Crippen MR) is 31.2 cm³/mol. The average molecular weight is 176 g/mol. The van der Waals surface area contributed by atoms with E-state index in [2.05, 4.69) is 15.6 Å². The standard InChI is InChI=1S/C6H2NO2.K.H2O/c1-2-6-3-5(4-8)7-9-6;;/h1,3H;;1H2/q-1;+1;/p-1. The molecule has 0 aliphatic rings. The minimum absolute atomic E-state index is 0. The molecule has 1 aromatic heterocycles. The van der Waals surface area contributed by atoms with Crippen molar-refractivity contribution in [1.82, 2.24) is 5.16 Å². The summed E-state index contributed by atoms with van der Waals surface area (Å²) in [7, 11) is 0. The summed E-state index contributed by atoms with van der Waals surface area (Å²) in [5, 5.41) is 3.26. The number of carbonyl (C=O) groups excluding carboxylic acids is 1. The number of nitrogens with zero attached hydrogens (tertiary/aromatic N) is 1. The van der Waals surface area contributed by atoms with E-state index in [1.54, 1.807) is 0 Å². The van der Waals surface area contributed by atoms with Crippen LogP contribution in [0, 0.1) is 12.3 Å². The molecule has 0 saturated carbocycles. The van der Waals surface area contributed by atoms with Gasteiger partial charge in [0.1, 0.15) is 5.76 Å². The van der Waals surface area contributed by atoms with Crippen molar-refractivity contribution >= 4 is 6.29 Å². The topological polar surface area (TPSA) is 73.1 Å². The van der Waals surface area contributed by atoms with Gasteiger partial charge in [0.15, 0.2) is 0 Å². The van der Waals surface area contributed by atoms with Gasteiger partial charge in [0.2, 0.25) is 0 Å². The molecule has 11 heavy (non-hydrogen) atoms. The molecule has 0 unspecified atom stereocenters. The van der Waals surface area contributed by atoms with E-state index in [-0.39, 0.29) is 68.3 Å². The van der Waals surface area contributed by atoms with Crippen molar-refractivity contribution < 1.29 is 66.2 Å². The second-order valence-corrected chi connectivity index (χ2v) is 1.32. The van der Waals surface area contributed by atoms with Crippen molar-refractivity contribution in [2.75, 3.05) is 0 Å². The fourth-order valence-electron chi connectivity index (χ4n) is 0.391. The third-order valence-electron chi connectivity index (χ3n) is 0.757. The van der Waals surface area contributed by atoms with Crippen LogP contribution >= 0.6 is 0 Å². The first-order chi connectivity index (χ1) is 4.36. The summed E-state index contributed by atoms with van der Waals surface area (Å²) in [6.07, 6.45) is 6.44. The maximum Gasteiger partial charge on any atom is 1.00 e. The van der Waals surface area contributed by atoms with E-state index in [1.165, 1.54) is 12.4 Å². The molecule has 0 aliphatic carbocycles. The molecule has 1 heterocycles. The number of aromatic nitrogens is 1. The van der Waals surface area contributed by atoms with Gasteiger partial charge < -0.3 is 14.8 Å². The van der Waals surface area contributed by atoms with Gasteiger partial charge in [0.25, 0.3) is 0 Å². The Bertz CT molecular complexity index is 263. The van der Waals surface area contributed by atoms with E-state index in [0.29, 0.717) is 0 Å². The van der Waals surface area contributed by atoms with Crippen LogP contribution in [0.15, 0.2) is 10.6 Å². The Kier molecular flexibility index (Phi) is 8.33. The van der Waals surface area contributed by atoms with Crippen LogP contribution in [0.4, 0.5) is 0 Å². The monoisotopic (exact) mass is 176 g/mol. The van der Waals surface area contributed by atoms with Gasteiger partial charge in [-0.1, -0.05) is 0 Å². The van der Waals surface area contributed by atoms with Crippen LogP contribution in [-0.4, -0.2) is 16.9 Å². The summed E-state index contributed by atoms with van der Waals surface area (Å²) < 4.78 is 4.46. The summed E-state index contributed by atoms with van der Waals surface area (Å²) >= 11 is 0. The van der Waals surface area contributed by atoms with Crippen LogP contribution in [0.5, 0.6) is 0 Å². The van der Waals surface area contributed by atoms with Crippen molar-refractivity contribution in [2.24, 2.45) is 0 Å². The van der Waals surface area contributed by atoms with Crippen molar-refractivity contribution in [3.8, 4) is 12.3 Å². The molecule has 0 bridgehead atoms. The minimum atomic E-state index is 0. The van der Waals surface area contributed by atoms with Crippen molar-refractivity contribution in [2.45, 2.75) is 0 Å².